The maximum atomic E-state index is 12.3. The zero-order valence-electron chi connectivity index (χ0n) is 11.5. The Morgan fingerprint density at radius 1 is 1.14 bits per heavy atom. The van der Waals surface area contributed by atoms with Crippen LogP contribution in [0.4, 0.5) is 0 Å². The third kappa shape index (κ3) is 2.23. The van der Waals surface area contributed by atoms with Crippen LogP contribution < -0.4 is 5.56 Å². The van der Waals surface area contributed by atoms with E-state index < -0.39 is 0 Å². The Bertz CT molecular complexity index is 985. The van der Waals surface area contributed by atoms with Gasteiger partial charge in [0, 0.05) is 5.56 Å². The number of nitrogens with zero attached hydrogens (tertiary/aromatic N) is 3. The van der Waals surface area contributed by atoms with E-state index in [2.05, 4.69) is 9.97 Å². The van der Waals surface area contributed by atoms with Crippen molar-refractivity contribution in [1.82, 2.24) is 14.5 Å². The molecule has 0 bridgehead atoms. The van der Waals surface area contributed by atoms with Crippen LogP contribution in [0.3, 0.4) is 0 Å². The molecular formula is C16H11N3O2S. The molecule has 6 heteroatoms. The first-order chi connectivity index (χ1) is 10.8. The topological polar surface area (TPSA) is 60.9 Å². The van der Waals surface area contributed by atoms with Crippen LogP contribution in [-0.2, 0) is 6.54 Å². The smallest absolute Gasteiger partial charge is 0.271 e. The molecule has 0 atom stereocenters. The minimum absolute atomic E-state index is 0.0699. The predicted octanol–water partition coefficient (Wildman–Crippen LogP) is 3.16. The first kappa shape index (κ1) is 13.0. The highest BCUT2D eigenvalue weighted by molar-refractivity contribution is 7.17. The maximum Gasteiger partial charge on any atom is 0.271 e. The van der Waals surface area contributed by atoms with E-state index in [1.165, 1.54) is 22.2 Å². The van der Waals surface area contributed by atoms with Crippen molar-refractivity contribution in [2.24, 2.45) is 0 Å². The van der Waals surface area contributed by atoms with Crippen LogP contribution in [0.2, 0.25) is 0 Å². The van der Waals surface area contributed by atoms with E-state index in [1.807, 2.05) is 41.8 Å². The number of oxazole rings is 1. The molecule has 0 saturated heterocycles. The minimum atomic E-state index is -0.0699. The van der Waals surface area contributed by atoms with Crippen LogP contribution >= 0.6 is 11.3 Å². The summed E-state index contributed by atoms with van der Waals surface area (Å²) in [5.41, 5.74) is 1.61. The molecule has 1 aromatic carbocycles. The molecule has 4 aromatic rings. The lowest BCUT2D eigenvalue weighted by molar-refractivity contribution is 0.484. The highest BCUT2D eigenvalue weighted by Gasteiger charge is 2.10. The standard InChI is InChI=1S/C16H11N3O2S/c20-16-15-12(6-7-22-15)18-10-19(16)9-14-17-8-13(21-14)11-4-2-1-3-5-11/h1-8,10H,9H2. The van der Waals surface area contributed by atoms with E-state index in [4.69, 9.17) is 4.42 Å². The van der Waals surface area contributed by atoms with E-state index in [0.29, 0.717) is 16.4 Å². The fourth-order valence-electron chi connectivity index (χ4n) is 2.26. The van der Waals surface area contributed by atoms with Gasteiger partial charge >= 0.3 is 0 Å². The fourth-order valence-corrected chi connectivity index (χ4v) is 3.05. The minimum Gasteiger partial charge on any atom is -0.439 e. The SMILES string of the molecule is O=c1c2sccc2ncn1Cc1ncc(-c2ccccc2)o1. The van der Waals surface area contributed by atoms with E-state index in [-0.39, 0.29) is 12.1 Å². The van der Waals surface area contributed by atoms with Gasteiger partial charge in [-0.3, -0.25) is 9.36 Å². The van der Waals surface area contributed by atoms with Crippen molar-refractivity contribution in [3.63, 3.8) is 0 Å². The third-order valence-electron chi connectivity index (χ3n) is 3.35. The summed E-state index contributed by atoms with van der Waals surface area (Å²) in [6.07, 6.45) is 3.20. The molecule has 3 aromatic heterocycles. The van der Waals surface area contributed by atoms with Gasteiger partial charge in [-0.2, -0.15) is 0 Å². The van der Waals surface area contributed by atoms with E-state index in [0.717, 1.165) is 11.1 Å². The van der Waals surface area contributed by atoms with E-state index >= 15 is 0 Å². The summed E-state index contributed by atoms with van der Waals surface area (Å²) in [6.45, 7) is 0.270. The maximum absolute atomic E-state index is 12.3. The molecule has 5 nitrogen and oxygen atoms in total. The highest BCUT2D eigenvalue weighted by atomic mass is 32.1. The van der Waals surface area contributed by atoms with Gasteiger partial charge in [0.25, 0.3) is 5.56 Å². The second-order valence-electron chi connectivity index (χ2n) is 4.80. The number of thiophene rings is 1. The fraction of sp³-hybridized carbons (Fsp3) is 0.0625. The molecule has 0 fully saturated rings. The summed E-state index contributed by atoms with van der Waals surface area (Å²) < 4.78 is 7.89. The Labute approximate surface area is 129 Å². The second kappa shape index (κ2) is 5.23. The highest BCUT2D eigenvalue weighted by Crippen LogP contribution is 2.20. The Morgan fingerprint density at radius 2 is 2.00 bits per heavy atom. The molecule has 4 rings (SSSR count). The number of hydrogen-bond acceptors (Lipinski definition) is 5. The molecule has 0 N–H and O–H groups in total. The molecule has 0 radical (unpaired) electrons. The summed E-state index contributed by atoms with van der Waals surface area (Å²) in [4.78, 5) is 20.8. The molecule has 108 valence electrons. The van der Waals surface area contributed by atoms with Gasteiger partial charge in [-0.15, -0.1) is 11.3 Å². The predicted molar refractivity (Wildman–Crippen MR) is 84.9 cm³/mol. The molecule has 0 unspecified atom stereocenters. The lowest BCUT2D eigenvalue weighted by atomic mass is 10.2. The van der Waals surface area contributed by atoms with Crippen LogP contribution in [0.15, 0.2) is 63.5 Å². The number of benzene rings is 1. The van der Waals surface area contributed by atoms with E-state index in [1.54, 1.807) is 6.20 Å². The monoisotopic (exact) mass is 309 g/mol. The van der Waals surface area contributed by atoms with Crippen molar-refractivity contribution in [3.05, 3.63) is 70.5 Å². The van der Waals surface area contributed by atoms with Gasteiger partial charge < -0.3 is 4.42 Å². The Hall–Kier alpha value is -2.73. The third-order valence-corrected chi connectivity index (χ3v) is 4.24. The molecule has 0 spiro atoms. The number of aromatic nitrogens is 3. The van der Waals surface area contributed by atoms with Crippen LogP contribution in [0.25, 0.3) is 21.5 Å². The summed E-state index contributed by atoms with van der Waals surface area (Å²) in [7, 11) is 0. The summed E-state index contributed by atoms with van der Waals surface area (Å²) in [5, 5.41) is 1.86. The number of hydrogen-bond donors (Lipinski definition) is 0. The molecular weight excluding hydrogens is 298 g/mol. The van der Waals surface area contributed by atoms with Crippen molar-refractivity contribution in [3.8, 4) is 11.3 Å². The van der Waals surface area contributed by atoms with Crippen LogP contribution in [-0.4, -0.2) is 14.5 Å². The Kier molecular flexibility index (Phi) is 3.08. The summed E-state index contributed by atoms with van der Waals surface area (Å²) in [6, 6.07) is 11.6. The van der Waals surface area contributed by atoms with Crippen molar-refractivity contribution in [2.75, 3.05) is 0 Å². The first-order valence-electron chi connectivity index (χ1n) is 6.74. The average molecular weight is 309 g/mol. The van der Waals surface area contributed by atoms with Gasteiger partial charge in [0.1, 0.15) is 11.2 Å². The first-order valence-corrected chi connectivity index (χ1v) is 7.62. The molecule has 0 aliphatic rings. The zero-order valence-corrected chi connectivity index (χ0v) is 12.3. The van der Waals surface area contributed by atoms with Crippen LogP contribution in [0.5, 0.6) is 0 Å². The van der Waals surface area contributed by atoms with Crippen molar-refractivity contribution >= 4 is 21.6 Å². The van der Waals surface area contributed by atoms with Gasteiger partial charge in [-0.25, -0.2) is 9.97 Å². The molecule has 0 saturated carbocycles. The lowest BCUT2D eigenvalue weighted by Gasteiger charge is -2.01. The summed E-state index contributed by atoms with van der Waals surface area (Å²) >= 11 is 1.39. The molecule has 22 heavy (non-hydrogen) atoms. The normalized spacial score (nSPS) is 11.1. The van der Waals surface area contributed by atoms with Gasteiger partial charge in [0.15, 0.2) is 5.76 Å². The van der Waals surface area contributed by atoms with Crippen LogP contribution in [0, 0.1) is 0 Å². The van der Waals surface area contributed by atoms with Gasteiger partial charge in [0.05, 0.1) is 18.0 Å². The second-order valence-corrected chi connectivity index (χ2v) is 5.71. The van der Waals surface area contributed by atoms with Crippen molar-refractivity contribution in [1.29, 1.82) is 0 Å². The molecule has 3 heterocycles. The Morgan fingerprint density at radius 3 is 2.86 bits per heavy atom. The molecule has 0 aliphatic heterocycles. The van der Waals surface area contributed by atoms with Crippen molar-refractivity contribution in [2.45, 2.75) is 6.54 Å². The largest absolute Gasteiger partial charge is 0.439 e. The van der Waals surface area contributed by atoms with Gasteiger partial charge in [-0.1, -0.05) is 30.3 Å². The number of rotatable bonds is 3. The quantitative estimate of drug-likeness (QED) is 0.583. The van der Waals surface area contributed by atoms with Gasteiger partial charge in [-0.05, 0) is 11.4 Å². The Balaban J connectivity index is 1.67. The lowest BCUT2D eigenvalue weighted by Crippen LogP contribution is -2.20. The molecule has 0 aliphatic carbocycles. The average Bonchev–Trinajstić information content (AvgIpc) is 3.20. The summed E-state index contributed by atoms with van der Waals surface area (Å²) in [5.74, 6) is 1.17. The van der Waals surface area contributed by atoms with E-state index in [9.17, 15) is 4.79 Å². The number of fused-ring (bicyclic) bond motifs is 1. The zero-order chi connectivity index (χ0) is 14.9. The van der Waals surface area contributed by atoms with Crippen molar-refractivity contribution < 1.29 is 4.42 Å². The van der Waals surface area contributed by atoms with Gasteiger partial charge in [0.2, 0.25) is 5.89 Å². The molecule has 0 amide bonds. The van der Waals surface area contributed by atoms with Crippen LogP contribution in [0.1, 0.15) is 5.89 Å².